The SMILES string of the molecule is CCNC(=NCc1ccc(OC)nc1)NCc1coc(-c2ccccc2)n1. The molecule has 3 aromatic rings. The van der Waals surface area contributed by atoms with Gasteiger partial charge in [0.15, 0.2) is 5.96 Å². The molecule has 0 fully saturated rings. The monoisotopic (exact) mass is 365 g/mol. The van der Waals surface area contributed by atoms with Crippen LogP contribution in [0.5, 0.6) is 5.88 Å². The van der Waals surface area contributed by atoms with Crippen LogP contribution in [0.15, 0.2) is 64.3 Å². The number of methoxy groups -OCH3 is 1. The zero-order chi connectivity index (χ0) is 18.9. The summed E-state index contributed by atoms with van der Waals surface area (Å²) in [7, 11) is 1.60. The van der Waals surface area contributed by atoms with Crippen molar-refractivity contribution in [2.24, 2.45) is 4.99 Å². The Kier molecular flexibility index (Phi) is 6.40. The molecule has 2 heterocycles. The molecule has 27 heavy (non-hydrogen) atoms. The Balaban J connectivity index is 1.60. The van der Waals surface area contributed by atoms with Gasteiger partial charge in [-0.15, -0.1) is 0 Å². The normalized spacial score (nSPS) is 11.3. The Morgan fingerprint density at radius 3 is 2.70 bits per heavy atom. The number of aromatic nitrogens is 2. The van der Waals surface area contributed by atoms with Crippen molar-refractivity contribution >= 4 is 5.96 Å². The number of hydrogen-bond acceptors (Lipinski definition) is 5. The van der Waals surface area contributed by atoms with Crippen molar-refractivity contribution in [2.75, 3.05) is 13.7 Å². The second-order valence-electron chi connectivity index (χ2n) is 5.77. The van der Waals surface area contributed by atoms with Crippen molar-refractivity contribution in [3.8, 4) is 17.3 Å². The fraction of sp³-hybridized carbons (Fsp3) is 0.250. The quantitative estimate of drug-likeness (QED) is 0.495. The van der Waals surface area contributed by atoms with Crippen LogP contribution < -0.4 is 15.4 Å². The lowest BCUT2D eigenvalue weighted by atomic mass is 10.2. The predicted octanol–water partition coefficient (Wildman–Crippen LogP) is 3.00. The van der Waals surface area contributed by atoms with Crippen molar-refractivity contribution in [1.82, 2.24) is 20.6 Å². The van der Waals surface area contributed by atoms with Crippen LogP contribution in [0.25, 0.3) is 11.5 Å². The zero-order valence-corrected chi connectivity index (χ0v) is 15.5. The topological polar surface area (TPSA) is 84.6 Å². The fourth-order valence-electron chi connectivity index (χ4n) is 2.41. The highest BCUT2D eigenvalue weighted by Crippen LogP contribution is 2.17. The number of benzene rings is 1. The van der Waals surface area contributed by atoms with E-state index in [0.717, 1.165) is 23.4 Å². The Bertz CT molecular complexity index is 860. The number of oxazole rings is 1. The van der Waals surface area contributed by atoms with Crippen molar-refractivity contribution in [3.05, 3.63) is 66.2 Å². The minimum absolute atomic E-state index is 0.514. The van der Waals surface area contributed by atoms with E-state index in [-0.39, 0.29) is 0 Å². The molecule has 7 heteroatoms. The second-order valence-corrected chi connectivity index (χ2v) is 5.77. The average Bonchev–Trinajstić information content (AvgIpc) is 3.20. The van der Waals surface area contributed by atoms with Gasteiger partial charge < -0.3 is 19.8 Å². The van der Waals surface area contributed by atoms with Gasteiger partial charge in [-0.1, -0.05) is 24.3 Å². The number of hydrogen-bond donors (Lipinski definition) is 2. The zero-order valence-electron chi connectivity index (χ0n) is 15.5. The highest BCUT2D eigenvalue weighted by Gasteiger charge is 2.07. The molecule has 1 aromatic carbocycles. The summed E-state index contributed by atoms with van der Waals surface area (Å²) in [6.07, 6.45) is 3.42. The van der Waals surface area contributed by atoms with Crippen LogP contribution in [-0.2, 0) is 13.1 Å². The fourth-order valence-corrected chi connectivity index (χ4v) is 2.41. The van der Waals surface area contributed by atoms with Crippen molar-refractivity contribution in [3.63, 3.8) is 0 Å². The first-order valence-electron chi connectivity index (χ1n) is 8.79. The Labute approximate surface area is 158 Å². The van der Waals surface area contributed by atoms with Crippen LogP contribution in [0.4, 0.5) is 0 Å². The summed E-state index contributed by atoms with van der Waals surface area (Å²) in [5.41, 5.74) is 2.77. The Hall–Kier alpha value is -3.35. The van der Waals surface area contributed by atoms with Gasteiger partial charge in [0.2, 0.25) is 11.8 Å². The molecule has 0 amide bonds. The molecule has 140 valence electrons. The van der Waals surface area contributed by atoms with Gasteiger partial charge in [-0.25, -0.2) is 15.0 Å². The molecule has 0 saturated carbocycles. The van der Waals surface area contributed by atoms with E-state index < -0.39 is 0 Å². The van der Waals surface area contributed by atoms with Gasteiger partial charge in [-0.05, 0) is 24.6 Å². The second kappa shape index (κ2) is 9.38. The third-order valence-corrected chi connectivity index (χ3v) is 3.78. The molecule has 7 nitrogen and oxygen atoms in total. The summed E-state index contributed by atoms with van der Waals surface area (Å²) < 4.78 is 10.6. The van der Waals surface area contributed by atoms with Gasteiger partial charge in [0, 0.05) is 24.4 Å². The first kappa shape index (κ1) is 18.4. The van der Waals surface area contributed by atoms with Gasteiger partial charge >= 0.3 is 0 Å². The van der Waals surface area contributed by atoms with Crippen molar-refractivity contribution < 1.29 is 9.15 Å². The number of aliphatic imine (C=N–C) groups is 1. The third-order valence-electron chi connectivity index (χ3n) is 3.78. The summed E-state index contributed by atoms with van der Waals surface area (Å²) in [5.74, 6) is 1.91. The van der Waals surface area contributed by atoms with Gasteiger partial charge in [0.1, 0.15) is 6.26 Å². The van der Waals surface area contributed by atoms with E-state index in [1.807, 2.05) is 49.4 Å². The van der Waals surface area contributed by atoms with Gasteiger partial charge in [-0.2, -0.15) is 0 Å². The molecule has 0 unspecified atom stereocenters. The summed E-state index contributed by atoms with van der Waals surface area (Å²) in [5, 5.41) is 6.49. The Morgan fingerprint density at radius 1 is 1.15 bits per heavy atom. The largest absolute Gasteiger partial charge is 0.481 e. The molecule has 0 bridgehead atoms. The molecule has 3 rings (SSSR count). The van der Waals surface area contributed by atoms with Gasteiger partial charge in [-0.3, -0.25) is 0 Å². The summed E-state index contributed by atoms with van der Waals surface area (Å²) in [6.45, 7) is 3.82. The Morgan fingerprint density at radius 2 is 2.00 bits per heavy atom. The van der Waals surface area contributed by atoms with Crippen LogP contribution in [0.3, 0.4) is 0 Å². The van der Waals surface area contributed by atoms with Crippen LogP contribution in [0.1, 0.15) is 18.2 Å². The van der Waals surface area contributed by atoms with Crippen LogP contribution in [0, 0.1) is 0 Å². The standard InChI is InChI=1S/C20H23N5O2/c1-3-21-20(23-12-15-9-10-18(26-2)22-11-15)24-13-17-14-27-19(25-17)16-7-5-4-6-8-16/h4-11,14H,3,12-13H2,1-2H3,(H2,21,23,24). The molecule has 0 aliphatic carbocycles. The minimum Gasteiger partial charge on any atom is -0.481 e. The molecule has 0 aliphatic rings. The third kappa shape index (κ3) is 5.31. The van der Waals surface area contributed by atoms with E-state index in [2.05, 4.69) is 25.6 Å². The molecule has 0 aliphatic heterocycles. The number of rotatable bonds is 7. The molecule has 2 aromatic heterocycles. The highest BCUT2D eigenvalue weighted by molar-refractivity contribution is 5.79. The lowest BCUT2D eigenvalue weighted by Crippen LogP contribution is -2.36. The lowest BCUT2D eigenvalue weighted by Gasteiger charge is -2.10. The molecule has 0 spiro atoms. The lowest BCUT2D eigenvalue weighted by molar-refractivity contribution is 0.397. The number of pyridine rings is 1. The summed E-state index contributed by atoms with van der Waals surface area (Å²) >= 11 is 0. The van der Waals surface area contributed by atoms with Gasteiger partial charge in [0.05, 0.1) is 25.9 Å². The van der Waals surface area contributed by atoms with E-state index in [9.17, 15) is 0 Å². The number of guanidine groups is 1. The summed E-state index contributed by atoms with van der Waals surface area (Å²) in [4.78, 5) is 13.3. The molecular weight excluding hydrogens is 342 g/mol. The van der Waals surface area contributed by atoms with Crippen molar-refractivity contribution in [1.29, 1.82) is 0 Å². The first-order chi connectivity index (χ1) is 13.3. The first-order valence-corrected chi connectivity index (χ1v) is 8.79. The van der Waals surface area contributed by atoms with Gasteiger partial charge in [0.25, 0.3) is 0 Å². The van der Waals surface area contributed by atoms with E-state index in [1.165, 1.54) is 0 Å². The molecule has 0 atom stereocenters. The molecule has 0 radical (unpaired) electrons. The average molecular weight is 365 g/mol. The predicted molar refractivity (Wildman–Crippen MR) is 104 cm³/mol. The summed E-state index contributed by atoms with van der Waals surface area (Å²) in [6, 6.07) is 13.6. The molecular formula is C20H23N5O2. The maximum atomic E-state index is 5.56. The van der Waals surface area contributed by atoms with E-state index in [0.29, 0.717) is 30.8 Å². The van der Waals surface area contributed by atoms with E-state index in [1.54, 1.807) is 19.6 Å². The molecule has 2 N–H and O–H groups in total. The molecule has 0 saturated heterocycles. The highest BCUT2D eigenvalue weighted by atomic mass is 16.5. The number of nitrogens with zero attached hydrogens (tertiary/aromatic N) is 3. The smallest absolute Gasteiger partial charge is 0.226 e. The number of nitrogens with one attached hydrogen (secondary N) is 2. The van der Waals surface area contributed by atoms with Crippen LogP contribution in [0.2, 0.25) is 0 Å². The number of ether oxygens (including phenoxy) is 1. The minimum atomic E-state index is 0.514. The van der Waals surface area contributed by atoms with Crippen molar-refractivity contribution in [2.45, 2.75) is 20.0 Å². The van der Waals surface area contributed by atoms with E-state index in [4.69, 9.17) is 9.15 Å². The van der Waals surface area contributed by atoms with Crippen LogP contribution >= 0.6 is 0 Å². The maximum Gasteiger partial charge on any atom is 0.226 e. The maximum absolute atomic E-state index is 5.56. The van der Waals surface area contributed by atoms with Crippen LogP contribution in [-0.4, -0.2) is 29.6 Å². The van der Waals surface area contributed by atoms with E-state index >= 15 is 0 Å².